The van der Waals surface area contributed by atoms with Gasteiger partial charge in [-0.1, -0.05) is 6.92 Å². The Morgan fingerprint density at radius 1 is 1.60 bits per heavy atom. The van der Waals surface area contributed by atoms with Gasteiger partial charge < -0.3 is 5.73 Å². The summed E-state index contributed by atoms with van der Waals surface area (Å²) in [6.45, 7) is 2.10. The molecule has 2 rings (SSSR count). The van der Waals surface area contributed by atoms with Crippen LogP contribution in [0, 0.1) is 0 Å². The highest BCUT2D eigenvalue weighted by Gasteiger charge is 2.09. The van der Waals surface area contributed by atoms with Gasteiger partial charge in [0, 0.05) is 24.2 Å². The molecule has 2 aromatic rings. The summed E-state index contributed by atoms with van der Waals surface area (Å²) in [5.41, 5.74) is 5.62. The maximum atomic E-state index is 5.62. The van der Waals surface area contributed by atoms with Crippen molar-refractivity contribution in [2.75, 3.05) is 5.73 Å². The van der Waals surface area contributed by atoms with Gasteiger partial charge in [-0.3, -0.25) is 0 Å². The number of aryl methyl sites for hydroxylation is 1. The quantitative estimate of drug-likeness (QED) is 0.938. The first kappa shape index (κ1) is 10.6. The van der Waals surface area contributed by atoms with E-state index in [0.717, 1.165) is 28.3 Å². The minimum atomic E-state index is 0.460. The maximum absolute atomic E-state index is 5.62. The average molecular weight is 288 g/mol. The fourth-order valence-electron chi connectivity index (χ4n) is 1.13. The van der Waals surface area contributed by atoms with Crippen LogP contribution in [0.25, 0.3) is 5.13 Å². The first-order valence-corrected chi connectivity index (χ1v) is 6.11. The van der Waals surface area contributed by atoms with Crippen LogP contribution in [0.2, 0.25) is 0 Å². The maximum Gasteiger partial charge on any atom is 0.230 e. The van der Waals surface area contributed by atoms with Crippen LogP contribution in [0.3, 0.4) is 0 Å². The topological polar surface area (TPSA) is 69.6 Å². The molecule has 0 atom stereocenters. The highest BCUT2D eigenvalue weighted by Crippen LogP contribution is 2.20. The summed E-state index contributed by atoms with van der Waals surface area (Å²) in [5, 5.41) is 4.86. The predicted molar refractivity (Wildman–Crippen MR) is 63.1 cm³/mol. The molecule has 7 heteroatoms. The molecule has 5 nitrogen and oxygen atoms in total. The first-order valence-electron chi connectivity index (χ1n) is 4.54. The molecule has 80 valence electrons. The first-order chi connectivity index (χ1) is 7.20. The molecular formula is C8H10BrN5S. The lowest BCUT2D eigenvalue weighted by atomic mass is 10.3. The van der Waals surface area contributed by atoms with E-state index in [0.29, 0.717) is 5.82 Å². The van der Waals surface area contributed by atoms with Gasteiger partial charge in [0.2, 0.25) is 5.13 Å². The van der Waals surface area contributed by atoms with Gasteiger partial charge in [-0.15, -0.1) is 5.10 Å². The highest BCUT2D eigenvalue weighted by atomic mass is 79.9. The molecule has 0 spiro atoms. The van der Waals surface area contributed by atoms with Crippen molar-refractivity contribution in [3.8, 4) is 5.13 Å². The van der Waals surface area contributed by atoms with Crippen LogP contribution in [0.1, 0.15) is 19.2 Å². The zero-order valence-corrected chi connectivity index (χ0v) is 10.5. The molecule has 2 heterocycles. The lowest BCUT2D eigenvalue weighted by molar-refractivity contribution is 0.827. The minimum absolute atomic E-state index is 0.460. The summed E-state index contributed by atoms with van der Waals surface area (Å²) in [5.74, 6) is 1.32. The second-order valence-electron chi connectivity index (χ2n) is 3.05. The fraction of sp³-hybridized carbons (Fsp3) is 0.375. The number of anilines is 1. The Kier molecular flexibility index (Phi) is 3.01. The summed E-state index contributed by atoms with van der Waals surface area (Å²) < 4.78 is 6.64. The van der Waals surface area contributed by atoms with E-state index in [2.05, 4.69) is 37.3 Å². The summed E-state index contributed by atoms with van der Waals surface area (Å²) in [6, 6.07) is 0. The van der Waals surface area contributed by atoms with Crippen molar-refractivity contribution in [2.45, 2.75) is 19.8 Å². The lowest BCUT2D eigenvalue weighted by Crippen LogP contribution is -1.96. The zero-order chi connectivity index (χ0) is 10.8. The molecule has 0 radical (unpaired) electrons. The molecule has 0 aliphatic carbocycles. The van der Waals surface area contributed by atoms with Crippen molar-refractivity contribution < 1.29 is 0 Å². The third-order valence-corrected chi connectivity index (χ3v) is 3.18. The number of rotatable bonds is 3. The fourth-order valence-corrected chi connectivity index (χ4v) is 2.04. The third kappa shape index (κ3) is 2.18. The van der Waals surface area contributed by atoms with Crippen molar-refractivity contribution in [3.05, 3.63) is 16.5 Å². The van der Waals surface area contributed by atoms with E-state index >= 15 is 0 Å². The van der Waals surface area contributed by atoms with E-state index in [4.69, 9.17) is 5.73 Å². The monoisotopic (exact) mass is 287 g/mol. The van der Waals surface area contributed by atoms with E-state index in [-0.39, 0.29) is 0 Å². The van der Waals surface area contributed by atoms with Gasteiger partial charge >= 0.3 is 0 Å². The molecule has 15 heavy (non-hydrogen) atoms. The standard InChI is InChI=1S/C8H10BrN5S/c1-2-3-6-11-8(15-13-6)14-4-5(9)7(10)12-14/h4H,2-3H2,1H3,(H2,10,12). The molecule has 0 saturated heterocycles. The van der Waals surface area contributed by atoms with E-state index in [9.17, 15) is 0 Å². The van der Waals surface area contributed by atoms with Crippen LogP contribution >= 0.6 is 27.5 Å². The number of nitrogens with zero attached hydrogens (tertiary/aromatic N) is 4. The van der Waals surface area contributed by atoms with E-state index in [1.807, 2.05) is 0 Å². The van der Waals surface area contributed by atoms with Gasteiger partial charge in [0.15, 0.2) is 5.82 Å². The van der Waals surface area contributed by atoms with Gasteiger partial charge in [0.25, 0.3) is 0 Å². The average Bonchev–Trinajstić information content (AvgIpc) is 2.76. The van der Waals surface area contributed by atoms with E-state index in [1.54, 1.807) is 10.9 Å². The Hall–Kier alpha value is -0.950. The van der Waals surface area contributed by atoms with Gasteiger partial charge in [0.05, 0.1) is 4.47 Å². The number of hydrogen-bond donors (Lipinski definition) is 1. The van der Waals surface area contributed by atoms with Crippen molar-refractivity contribution in [2.24, 2.45) is 0 Å². The molecule has 0 aliphatic rings. The molecule has 2 N–H and O–H groups in total. The Morgan fingerprint density at radius 3 is 3.00 bits per heavy atom. The lowest BCUT2D eigenvalue weighted by Gasteiger charge is -1.91. The number of hydrogen-bond acceptors (Lipinski definition) is 5. The molecule has 0 fully saturated rings. The molecular weight excluding hydrogens is 278 g/mol. The van der Waals surface area contributed by atoms with E-state index in [1.165, 1.54) is 11.5 Å². The van der Waals surface area contributed by atoms with Gasteiger partial charge in [-0.05, 0) is 22.4 Å². The second-order valence-corrected chi connectivity index (χ2v) is 4.63. The molecule has 2 aromatic heterocycles. The molecule has 0 aliphatic heterocycles. The molecule has 0 saturated carbocycles. The number of nitrogens with two attached hydrogens (primary N) is 1. The van der Waals surface area contributed by atoms with Crippen LogP contribution in [0.4, 0.5) is 5.82 Å². The highest BCUT2D eigenvalue weighted by molar-refractivity contribution is 9.10. The predicted octanol–water partition coefficient (Wildman–Crippen LogP) is 2.02. The largest absolute Gasteiger partial charge is 0.381 e. The molecule has 0 bridgehead atoms. The van der Waals surface area contributed by atoms with Crippen molar-refractivity contribution in [3.63, 3.8) is 0 Å². The Bertz CT molecular complexity index is 444. The van der Waals surface area contributed by atoms with Crippen LogP contribution < -0.4 is 5.73 Å². The SMILES string of the molecule is CCCc1nsc(-n2cc(Br)c(N)n2)n1. The van der Waals surface area contributed by atoms with Crippen molar-refractivity contribution in [1.29, 1.82) is 0 Å². The molecule has 0 amide bonds. The van der Waals surface area contributed by atoms with Crippen LogP contribution in [0.15, 0.2) is 10.7 Å². The second kappa shape index (κ2) is 4.28. The van der Waals surface area contributed by atoms with Crippen molar-refractivity contribution in [1.82, 2.24) is 19.1 Å². The molecule has 0 aromatic carbocycles. The smallest absolute Gasteiger partial charge is 0.230 e. The Morgan fingerprint density at radius 2 is 2.40 bits per heavy atom. The van der Waals surface area contributed by atoms with Gasteiger partial charge in [-0.2, -0.15) is 4.37 Å². The van der Waals surface area contributed by atoms with Crippen LogP contribution in [-0.4, -0.2) is 19.1 Å². The summed E-state index contributed by atoms with van der Waals surface area (Å²) in [4.78, 5) is 4.36. The van der Waals surface area contributed by atoms with Gasteiger partial charge in [0.1, 0.15) is 5.82 Å². The Labute approximate surface area is 99.6 Å². The number of nitrogen functional groups attached to an aromatic ring is 1. The Balaban J connectivity index is 2.28. The minimum Gasteiger partial charge on any atom is -0.381 e. The third-order valence-electron chi connectivity index (χ3n) is 1.82. The van der Waals surface area contributed by atoms with Crippen LogP contribution in [-0.2, 0) is 6.42 Å². The zero-order valence-electron chi connectivity index (χ0n) is 8.14. The summed E-state index contributed by atoms with van der Waals surface area (Å²) in [6.07, 6.45) is 3.72. The summed E-state index contributed by atoms with van der Waals surface area (Å²) >= 11 is 4.63. The normalized spacial score (nSPS) is 10.8. The summed E-state index contributed by atoms with van der Waals surface area (Å²) in [7, 11) is 0. The molecule has 0 unspecified atom stereocenters. The number of aromatic nitrogens is 4. The van der Waals surface area contributed by atoms with E-state index < -0.39 is 0 Å². The van der Waals surface area contributed by atoms with Crippen molar-refractivity contribution >= 4 is 33.3 Å². The van der Waals surface area contributed by atoms with Gasteiger partial charge in [-0.25, -0.2) is 9.67 Å². The van der Waals surface area contributed by atoms with Crippen LogP contribution in [0.5, 0.6) is 0 Å². The number of halogens is 1.